The number of hydrogen-bond donors (Lipinski definition) is 0. The zero-order valence-electron chi connectivity index (χ0n) is 15.0. The second-order valence-electron chi connectivity index (χ2n) is 7.57. The molecule has 0 spiro atoms. The van der Waals surface area contributed by atoms with Crippen molar-refractivity contribution in [1.29, 1.82) is 5.26 Å². The average molecular weight is 340 g/mol. The van der Waals surface area contributed by atoms with E-state index in [0.717, 1.165) is 17.5 Å². The van der Waals surface area contributed by atoms with Crippen molar-refractivity contribution in [1.82, 2.24) is 4.90 Å². The largest absolute Gasteiger partial charge is 0.444 e. The summed E-state index contributed by atoms with van der Waals surface area (Å²) in [5.74, 6) is 0. The summed E-state index contributed by atoms with van der Waals surface area (Å²) in [4.78, 5) is 14.4. The molecule has 2 heterocycles. The summed E-state index contributed by atoms with van der Waals surface area (Å²) in [5, 5.41) is 8.78. The van der Waals surface area contributed by atoms with Crippen LogP contribution in [-0.2, 0) is 15.9 Å². The number of fused-ring (bicyclic) bond motifs is 2. The molecule has 1 fully saturated rings. The Labute approximate surface area is 148 Å². The molecule has 1 amide bonds. The van der Waals surface area contributed by atoms with Gasteiger partial charge in [-0.15, -0.1) is 0 Å². The van der Waals surface area contributed by atoms with E-state index in [4.69, 9.17) is 14.7 Å². The minimum Gasteiger partial charge on any atom is -0.444 e. The number of carbonyl (C=O) groups is 1. The average Bonchev–Trinajstić information content (AvgIpc) is 2.53. The van der Waals surface area contributed by atoms with Gasteiger partial charge >= 0.3 is 6.09 Å². The van der Waals surface area contributed by atoms with Crippen LogP contribution < -0.4 is 0 Å². The van der Waals surface area contributed by atoms with Gasteiger partial charge in [-0.05, 0) is 43.9 Å². The van der Waals surface area contributed by atoms with Crippen molar-refractivity contribution in [3.8, 4) is 6.07 Å². The maximum Gasteiger partial charge on any atom is 0.411 e. The Balaban J connectivity index is 1.81. The van der Waals surface area contributed by atoms with E-state index in [1.807, 2.05) is 37.8 Å². The summed E-state index contributed by atoms with van der Waals surface area (Å²) >= 11 is 0. The number of rotatable bonds is 2. The molecule has 0 aromatic heterocycles. The first-order chi connectivity index (χ1) is 11.9. The third-order valence-electron chi connectivity index (χ3n) is 4.41. The molecule has 5 heteroatoms. The standard InChI is InChI=1S/C20H24N2O3/c1-20(2,3)25-19(23)22-17-10-16(11-18(22)13-24-12-17)15-6-4-14(5-7-15)8-9-21/h4-7,10,17-18H,8,11-13H2,1-3H3. The Morgan fingerprint density at radius 1 is 1.32 bits per heavy atom. The van der Waals surface area contributed by atoms with Crippen molar-refractivity contribution >= 4 is 11.7 Å². The summed E-state index contributed by atoms with van der Waals surface area (Å²) in [6.07, 6.45) is 3.00. The number of morpholine rings is 1. The number of amides is 1. The number of carbonyl (C=O) groups excluding carboxylic acids is 1. The van der Waals surface area contributed by atoms with Crippen molar-refractivity contribution in [3.63, 3.8) is 0 Å². The van der Waals surface area contributed by atoms with Gasteiger partial charge < -0.3 is 9.47 Å². The predicted octanol–water partition coefficient (Wildman–Crippen LogP) is 3.54. The summed E-state index contributed by atoms with van der Waals surface area (Å²) in [5.41, 5.74) is 2.87. The van der Waals surface area contributed by atoms with Crippen molar-refractivity contribution < 1.29 is 14.3 Å². The molecule has 0 N–H and O–H groups in total. The Bertz CT molecular complexity index is 710. The lowest BCUT2D eigenvalue weighted by molar-refractivity contribution is -0.0510. The van der Waals surface area contributed by atoms with E-state index in [2.05, 4.69) is 24.3 Å². The number of nitriles is 1. The molecule has 2 bridgehead atoms. The molecule has 2 aliphatic rings. The Hall–Kier alpha value is -2.32. The van der Waals surface area contributed by atoms with Gasteiger partial charge in [-0.1, -0.05) is 30.3 Å². The van der Waals surface area contributed by atoms with Crippen LogP contribution in [-0.4, -0.2) is 41.9 Å². The lowest BCUT2D eigenvalue weighted by Gasteiger charge is -2.44. The second-order valence-corrected chi connectivity index (χ2v) is 7.57. The molecule has 2 aliphatic heterocycles. The number of hydrogen-bond acceptors (Lipinski definition) is 4. The van der Waals surface area contributed by atoms with E-state index in [1.165, 1.54) is 5.57 Å². The summed E-state index contributed by atoms with van der Waals surface area (Å²) < 4.78 is 11.2. The van der Waals surface area contributed by atoms with Crippen molar-refractivity contribution in [2.45, 2.75) is 51.3 Å². The van der Waals surface area contributed by atoms with Crippen molar-refractivity contribution in [3.05, 3.63) is 41.5 Å². The van der Waals surface area contributed by atoms with Gasteiger partial charge in [0.05, 0.1) is 37.8 Å². The van der Waals surface area contributed by atoms with Crippen LogP contribution in [0.25, 0.3) is 5.57 Å². The van der Waals surface area contributed by atoms with Crippen molar-refractivity contribution in [2.24, 2.45) is 0 Å². The van der Waals surface area contributed by atoms with Crippen LogP contribution in [0, 0.1) is 11.3 Å². The van der Waals surface area contributed by atoms with Crippen LogP contribution in [0.3, 0.4) is 0 Å². The highest BCUT2D eigenvalue weighted by Crippen LogP contribution is 2.33. The van der Waals surface area contributed by atoms with E-state index in [0.29, 0.717) is 19.6 Å². The fourth-order valence-electron chi connectivity index (χ4n) is 3.34. The highest BCUT2D eigenvalue weighted by atomic mass is 16.6. The first-order valence-corrected chi connectivity index (χ1v) is 8.63. The van der Waals surface area contributed by atoms with Crippen LogP contribution >= 0.6 is 0 Å². The molecule has 1 aromatic rings. The molecule has 0 saturated carbocycles. The van der Waals surface area contributed by atoms with Crippen LogP contribution in [0.5, 0.6) is 0 Å². The van der Waals surface area contributed by atoms with Gasteiger partial charge in [0.25, 0.3) is 0 Å². The van der Waals surface area contributed by atoms with Gasteiger partial charge in [0.15, 0.2) is 0 Å². The Morgan fingerprint density at radius 3 is 2.64 bits per heavy atom. The molecule has 2 atom stereocenters. The number of benzene rings is 1. The van der Waals surface area contributed by atoms with Gasteiger partial charge in [-0.2, -0.15) is 5.26 Å². The molecule has 5 nitrogen and oxygen atoms in total. The number of nitrogens with zero attached hydrogens (tertiary/aromatic N) is 2. The molecule has 0 aliphatic carbocycles. The maximum absolute atomic E-state index is 12.6. The predicted molar refractivity (Wildman–Crippen MR) is 94.8 cm³/mol. The topological polar surface area (TPSA) is 62.6 Å². The summed E-state index contributed by atoms with van der Waals surface area (Å²) in [7, 11) is 0. The SMILES string of the molecule is CC(C)(C)OC(=O)N1C2C=C(c3ccc(CC#N)cc3)CC1COC2. The normalized spacial score (nSPS) is 22.8. The number of ether oxygens (including phenoxy) is 2. The highest BCUT2D eigenvalue weighted by molar-refractivity contribution is 5.75. The van der Waals surface area contributed by atoms with Gasteiger partial charge in [-0.3, -0.25) is 4.90 Å². The fourth-order valence-corrected chi connectivity index (χ4v) is 3.34. The quantitative estimate of drug-likeness (QED) is 0.826. The van der Waals surface area contributed by atoms with Crippen LogP contribution in [0.15, 0.2) is 30.3 Å². The molecule has 1 aromatic carbocycles. The lowest BCUT2D eigenvalue weighted by atomic mass is 9.89. The second kappa shape index (κ2) is 6.89. The monoisotopic (exact) mass is 340 g/mol. The van der Waals surface area contributed by atoms with Gasteiger partial charge in [0.2, 0.25) is 0 Å². The van der Waals surface area contributed by atoms with E-state index in [1.54, 1.807) is 0 Å². The lowest BCUT2D eigenvalue weighted by Crippen LogP contribution is -2.57. The molecule has 0 radical (unpaired) electrons. The minimum atomic E-state index is -0.507. The first-order valence-electron chi connectivity index (χ1n) is 8.63. The van der Waals surface area contributed by atoms with Crippen molar-refractivity contribution in [2.75, 3.05) is 13.2 Å². The third kappa shape index (κ3) is 4.02. The Kier molecular flexibility index (Phi) is 4.82. The van der Waals surface area contributed by atoms with Gasteiger partial charge in [0, 0.05) is 0 Å². The zero-order chi connectivity index (χ0) is 18.0. The smallest absolute Gasteiger partial charge is 0.411 e. The molecule has 3 rings (SSSR count). The molecular weight excluding hydrogens is 316 g/mol. The van der Waals surface area contributed by atoms with Gasteiger partial charge in [-0.25, -0.2) is 4.79 Å². The Morgan fingerprint density at radius 2 is 2.04 bits per heavy atom. The first kappa shape index (κ1) is 17.5. The van der Waals surface area contributed by atoms with Crippen LogP contribution in [0.2, 0.25) is 0 Å². The molecule has 2 unspecified atom stereocenters. The highest BCUT2D eigenvalue weighted by Gasteiger charge is 2.40. The fraction of sp³-hybridized carbons (Fsp3) is 0.500. The molecule has 25 heavy (non-hydrogen) atoms. The molecule has 132 valence electrons. The third-order valence-corrected chi connectivity index (χ3v) is 4.41. The van der Waals surface area contributed by atoms with E-state index in [9.17, 15) is 4.79 Å². The van der Waals surface area contributed by atoms with E-state index in [-0.39, 0.29) is 18.2 Å². The van der Waals surface area contributed by atoms with Gasteiger partial charge in [0.1, 0.15) is 5.60 Å². The van der Waals surface area contributed by atoms with E-state index < -0.39 is 5.60 Å². The zero-order valence-corrected chi connectivity index (χ0v) is 15.0. The van der Waals surface area contributed by atoms with E-state index >= 15 is 0 Å². The van der Waals surface area contributed by atoms with Crippen LogP contribution in [0.4, 0.5) is 4.79 Å². The minimum absolute atomic E-state index is 0.00705. The molecule has 1 saturated heterocycles. The summed E-state index contributed by atoms with van der Waals surface area (Å²) in [6, 6.07) is 10.1. The van der Waals surface area contributed by atoms with Crippen LogP contribution in [0.1, 0.15) is 38.3 Å². The maximum atomic E-state index is 12.6. The summed E-state index contributed by atoms with van der Waals surface area (Å²) in [6.45, 7) is 6.66. The molecular formula is C20H24N2O3.